The molecule has 0 unspecified atom stereocenters. The van der Waals surface area contributed by atoms with Crippen LogP contribution in [0.1, 0.15) is 18.9 Å². The van der Waals surface area contributed by atoms with Gasteiger partial charge in [-0.3, -0.25) is 0 Å². The smallest absolute Gasteiger partial charge is 0.170 e. The van der Waals surface area contributed by atoms with Gasteiger partial charge in [0.1, 0.15) is 5.75 Å². The lowest BCUT2D eigenvalue weighted by Gasteiger charge is -2.09. The van der Waals surface area contributed by atoms with Crippen molar-refractivity contribution < 1.29 is 9.94 Å². The number of oxime groups is 1. The van der Waals surface area contributed by atoms with Gasteiger partial charge in [-0.25, -0.2) is 0 Å². The maximum atomic E-state index is 8.56. The molecule has 0 bridgehead atoms. The van der Waals surface area contributed by atoms with E-state index in [4.69, 9.17) is 27.3 Å². The van der Waals surface area contributed by atoms with Crippen molar-refractivity contribution >= 4 is 29.2 Å². The van der Waals surface area contributed by atoms with Crippen LogP contribution in [-0.4, -0.2) is 29.2 Å². The molecule has 0 atom stereocenters. The number of thioether (sulfide) groups is 1. The first kappa shape index (κ1) is 15.0. The minimum Gasteiger partial charge on any atom is -0.492 e. The van der Waals surface area contributed by atoms with Gasteiger partial charge in [0, 0.05) is 5.56 Å². The fraction of sp³-hybridized carbons (Fsp3) is 0.417. The maximum Gasteiger partial charge on any atom is 0.170 e. The number of nitrogens with two attached hydrogens (primary N) is 1. The number of halogens is 1. The van der Waals surface area contributed by atoms with E-state index in [9.17, 15) is 0 Å². The molecule has 1 rings (SSSR count). The van der Waals surface area contributed by atoms with Crippen LogP contribution in [0, 0.1) is 0 Å². The summed E-state index contributed by atoms with van der Waals surface area (Å²) >= 11 is 7.93. The Morgan fingerprint density at radius 3 is 2.94 bits per heavy atom. The summed E-state index contributed by atoms with van der Waals surface area (Å²) in [6.07, 6.45) is 0.983. The number of rotatable bonds is 7. The molecule has 4 nitrogen and oxygen atoms in total. The molecule has 18 heavy (non-hydrogen) atoms. The second kappa shape index (κ2) is 8.11. The van der Waals surface area contributed by atoms with Gasteiger partial charge in [-0.1, -0.05) is 23.7 Å². The Bertz CT molecular complexity index is 413. The molecule has 0 spiro atoms. The summed E-state index contributed by atoms with van der Waals surface area (Å²) in [5, 5.41) is 11.9. The Balaban J connectivity index is 2.52. The molecule has 0 heterocycles. The summed E-state index contributed by atoms with van der Waals surface area (Å²) < 4.78 is 5.56. The largest absolute Gasteiger partial charge is 0.492 e. The van der Waals surface area contributed by atoms with Gasteiger partial charge in [0.15, 0.2) is 5.84 Å². The van der Waals surface area contributed by atoms with Crippen molar-refractivity contribution in [3.05, 3.63) is 28.8 Å². The maximum absolute atomic E-state index is 8.56. The molecule has 0 aliphatic rings. The molecule has 0 aliphatic carbocycles. The molecule has 1 aromatic rings. The average molecular weight is 289 g/mol. The lowest BCUT2D eigenvalue weighted by atomic mass is 10.2. The van der Waals surface area contributed by atoms with E-state index in [1.165, 1.54) is 0 Å². The molecule has 0 aliphatic heterocycles. The molecule has 0 aromatic heterocycles. The topological polar surface area (TPSA) is 67.8 Å². The van der Waals surface area contributed by atoms with E-state index < -0.39 is 0 Å². The quantitative estimate of drug-likeness (QED) is 0.266. The molecule has 0 saturated carbocycles. The molecular weight excluding hydrogens is 272 g/mol. The first-order chi connectivity index (χ1) is 8.69. The highest BCUT2D eigenvalue weighted by atomic mass is 35.5. The van der Waals surface area contributed by atoms with Crippen molar-refractivity contribution in [2.24, 2.45) is 10.9 Å². The summed E-state index contributed by atoms with van der Waals surface area (Å²) in [6, 6.07) is 5.05. The van der Waals surface area contributed by atoms with Crippen LogP contribution in [0.15, 0.2) is 23.4 Å². The zero-order chi connectivity index (χ0) is 13.4. The highest BCUT2D eigenvalue weighted by Gasteiger charge is 2.05. The Hall–Kier alpha value is -1.07. The first-order valence-electron chi connectivity index (χ1n) is 5.67. The van der Waals surface area contributed by atoms with Crippen LogP contribution in [0.4, 0.5) is 0 Å². The SMILES string of the molecule is CCSCCCOc1ccc(/C(N)=N/O)cc1Cl. The number of nitrogens with zero attached hydrogens (tertiary/aromatic N) is 1. The third-order valence-electron chi connectivity index (χ3n) is 2.23. The zero-order valence-electron chi connectivity index (χ0n) is 10.2. The minimum absolute atomic E-state index is 0.0304. The van der Waals surface area contributed by atoms with Crippen molar-refractivity contribution in [2.75, 3.05) is 18.1 Å². The number of amidine groups is 1. The van der Waals surface area contributed by atoms with Crippen molar-refractivity contribution in [1.82, 2.24) is 0 Å². The fourth-order valence-corrected chi connectivity index (χ4v) is 2.17. The van der Waals surface area contributed by atoms with Crippen LogP contribution in [-0.2, 0) is 0 Å². The molecule has 0 saturated heterocycles. The molecule has 0 fully saturated rings. The van der Waals surface area contributed by atoms with Gasteiger partial charge < -0.3 is 15.7 Å². The van der Waals surface area contributed by atoms with E-state index in [1.807, 2.05) is 11.8 Å². The van der Waals surface area contributed by atoms with Gasteiger partial charge in [-0.2, -0.15) is 11.8 Å². The van der Waals surface area contributed by atoms with Crippen LogP contribution in [0.3, 0.4) is 0 Å². The normalized spacial score (nSPS) is 11.6. The predicted octanol–water partition coefficient (Wildman–Crippen LogP) is 2.96. The molecule has 100 valence electrons. The molecule has 1 aromatic carbocycles. The standard InChI is InChI=1S/C12H17ClN2O2S/c1-2-18-7-3-6-17-11-5-4-9(8-10(11)13)12(14)15-16/h4-5,8,16H,2-3,6-7H2,1H3,(H2,14,15). The number of hydrogen-bond acceptors (Lipinski definition) is 4. The van der Waals surface area contributed by atoms with Gasteiger partial charge in [0.2, 0.25) is 0 Å². The average Bonchev–Trinajstić information content (AvgIpc) is 2.39. The van der Waals surface area contributed by atoms with Gasteiger partial charge >= 0.3 is 0 Å². The van der Waals surface area contributed by atoms with Crippen LogP contribution in [0.5, 0.6) is 5.75 Å². The summed E-state index contributed by atoms with van der Waals surface area (Å²) in [5.74, 6) is 2.85. The van der Waals surface area contributed by atoms with Crippen molar-refractivity contribution in [3.8, 4) is 5.75 Å². The fourth-order valence-electron chi connectivity index (χ4n) is 1.32. The summed E-state index contributed by atoms with van der Waals surface area (Å²) in [5.41, 5.74) is 6.03. The van der Waals surface area contributed by atoms with E-state index >= 15 is 0 Å². The second-order valence-electron chi connectivity index (χ2n) is 3.53. The van der Waals surface area contributed by atoms with Crippen molar-refractivity contribution in [1.29, 1.82) is 0 Å². The van der Waals surface area contributed by atoms with Crippen molar-refractivity contribution in [2.45, 2.75) is 13.3 Å². The third-order valence-corrected chi connectivity index (χ3v) is 3.51. The molecular formula is C12H17ClN2O2S. The van der Waals surface area contributed by atoms with Crippen LogP contribution in [0.2, 0.25) is 5.02 Å². The Kier molecular flexibility index (Phi) is 6.75. The van der Waals surface area contributed by atoms with Crippen molar-refractivity contribution in [3.63, 3.8) is 0 Å². The van der Waals surface area contributed by atoms with Gasteiger partial charge in [-0.05, 0) is 36.1 Å². The number of benzene rings is 1. The molecule has 3 N–H and O–H groups in total. The minimum atomic E-state index is 0.0304. The third kappa shape index (κ3) is 4.66. The Morgan fingerprint density at radius 1 is 1.56 bits per heavy atom. The molecule has 0 radical (unpaired) electrons. The highest BCUT2D eigenvalue weighted by molar-refractivity contribution is 7.99. The second-order valence-corrected chi connectivity index (χ2v) is 5.33. The zero-order valence-corrected chi connectivity index (χ0v) is 11.8. The lowest BCUT2D eigenvalue weighted by Crippen LogP contribution is -2.13. The van der Waals surface area contributed by atoms with Gasteiger partial charge in [0.25, 0.3) is 0 Å². The number of ether oxygens (including phenoxy) is 1. The van der Waals surface area contributed by atoms with Crippen LogP contribution >= 0.6 is 23.4 Å². The molecule has 0 amide bonds. The Morgan fingerprint density at radius 2 is 2.33 bits per heavy atom. The monoisotopic (exact) mass is 288 g/mol. The summed E-state index contributed by atoms with van der Waals surface area (Å²) in [7, 11) is 0. The van der Waals surface area contributed by atoms with Gasteiger partial charge in [0.05, 0.1) is 11.6 Å². The van der Waals surface area contributed by atoms with Crippen LogP contribution < -0.4 is 10.5 Å². The van der Waals surface area contributed by atoms with E-state index in [-0.39, 0.29) is 5.84 Å². The summed E-state index contributed by atoms with van der Waals surface area (Å²) in [6.45, 7) is 2.77. The predicted molar refractivity (Wildman–Crippen MR) is 77.1 cm³/mol. The Labute approximate surface area is 116 Å². The number of hydrogen-bond donors (Lipinski definition) is 2. The summed E-state index contributed by atoms with van der Waals surface area (Å²) in [4.78, 5) is 0. The highest BCUT2D eigenvalue weighted by Crippen LogP contribution is 2.25. The van der Waals surface area contributed by atoms with E-state index in [0.717, 1.165) is 17.9 Å². The molecule has 6 heteroatoms. The van der Waals surface area contributed by atoms with E-state index in [2.05, 4.69) is 12.1 Å². The van der Waals surface area contributed by atoms with E-state index in [0.29, 0.717) is 22.9 Å². The lowest BCUT2D eigenvalue weighted by molar-refractivity contribution is 0.317. The first-order valence-corrected chi connectivity index (χ1v) is 7.20. The van der Waals surface area contributed by atoms with Crippen LogP contribution in [0.25, 0.3) is 0 Å². The van der Waals surface area contributed by atoms with Gasteiger partial charge in [-0.15, -0.1) is 0 Å². The van der Waals surface area contributed by atoms with E-state index in [1.54, 1.807) is 18.2 Å².